The standard InChI is InChI=1S/C26H27N3O4/c1-4-32-24-15-21(10-11-23(24)33-17-20-8-6-5-7-9-20)16-27-29-26(31)25(30)28-22-13-18(2)12-19(3)14-22/h5-16H,4,17H2,1-3H3,(H,28,30)(H,29,31)/b27-16+. The van der Waals surface area contributed by atoms with Gasteiger partial charge in [0.1, 0.15) is 6.61 Å². The van der Waals surface area contributed by atoms with E-state index in [2.05, 4.69) is 15.8 Å². The first-order valence-corrected chi connectivity index (χ1v) is 10.6. The predicted molar refractivity (Wildman–Crippen MR) is 129 cm³/mol. The van der Waals surface area contributed by atoms with Crippen LogP contribution in [0.15, 0.2) is 71.8 Å². The first-order chi connectivity index (χ1) is 15.9. The van der Waals surface area contributed by atoms with E-state index < -0.39 is 11.8 Å². The molecular formula is C26H27N3O4. The van der Waals surface area contributed by atoms with Crippen LogP contribution in [0.5, 0.6) is 11.5 Å². The van der Waals surface area contributed by atoms with E-state index in [1.165, 1.54) is 6.21 Å². The third-order valence-electron chi connectivity index (χ3n) is 4.57. The second-order valence-corrected chi connectivity index (χ2v) is 7.44. The Morgan fingerprint density at radius 2 is 1.61 bits per heavy atom. The third kappa shape index (κ3) is 7.21. The van der Waals surface area contributed by atoms with Crippen LogP contribution in [0.4, 0.5) is 5.69 Å². The first-order valence-electron chi connectivity index (χ1n) is 10.6. The summed E-state index contributed by atoms with van der Waals surface area (Å²) >= 11 is 0. The van der Waals surface area contributed by atoms with E-state index in [-0.39, 0.29) is 0 Å². The number of hydrazone groups is 1. The van der Waals surface area contributed by atoms with E-state index in [1.807, 2.05) is 57.2 Å². The van der Waals surface area contributed by atoms with Gasteiger partial charge in [-0.15, -0.1) is 0 Å². The van der Waals surface area contributed by atoms with Crippen LogP contribution in [0.1, 0.15) is 29.2 Å². The van der Waals surface area contributed by atoms with E-state index in [0.29, 0.717) is 36.0 Å². The van der Waals surface area contributed by atoms with E-state index in [1.54, 1.807) is 30.3 Å². The van der Waals surface area contributed by atoms with Crippen molar-refractivity contribution in [1.82, 2.24) is 5.43 Å². The van der Waals surface area contributed by atoms with Crippen molar-refractivity contribution in [2.24, 2.45) is 5.10 Å². The molecule has 0 aliphatic carbocycles. The van der Waals surface area contributed by atoms with Gasteiger partial charge >= 0.3 is 11.8 Å². The van der Waals surface area contributed by atoms with Gasteiger partial charge in [-0.3, -0.25) is 9.59 Å². The second kappa shape index (κ2) is 11.5. The molecular weight excluding hydrogens is 418 g/mol. The largest absolute Gasteiger partial charge is 0.490 e. The summed E-state index contributed by atoms with van der Waals surface area (Å²) in [5, 5.41) is 6.45. The number of carbonyl (C=O) groups is 2. The normalized spacial score (nSPS) is 10.6. The summed E-state index contributed by atoms with van der Waals surface area (Å²) in [5.41, 5.74) is 6.51. The van der Waals surface area contributed by atoms with Gasteiger partial charge in [0.2, 0.25) is 0 Å². The molecule has 0 spiro atoms. The monoisotopic (exact) mass is 445 g/mol. The van der Waals surface area contributed by atoms with Crippen LogP contribution in [0.25, 0.3) is 0 Å². The molecule has 0 fully saturated rings. The van der Waals surface area contributed by atoms with Crippen LogP contribution >= 0.6 is 0 Å². The molecule has 0 heterocycles. The number of aryl methyl sites for hydroxylation is 2. The number of hydrogen-bond acceptors (Lipinski definition) is 5. The Morgan fingerprint density at radius 1 is 0.879 bits per heavy atom. The molecule has 0 aliphatic rings. The Labute approximate surface area is 193 Å². The number of carbonyl (C=O) groups excluding carboxylic acids is 2. The molecule has 0 unspecified atom stereocenters. The van der Waals surface area contributed by atoms with E-state index in [0.717, 1.165) is 16.7 Å². The molecule has 0 saturated carbocycles. The molecule has 2 N–H and O–H groups in total. The third-order valence-corrected chi connectivity index (χ3v) is 4.57. The predicted octanol–water partition coefficient (Wildman–Crippen LogP) is 4.37. The summed E-state index contributed by atoms with van der Waals surface area (Å²) in [6.07, 6.45) is 1.44. The van der Waals surface area contributed by atoms with Gasteiger partial charge in [0.05, 0.1) is 12.8 Å². The van der Waals surface area contributed by atoms with Gasteiger partial charge in [-0.25, -0.2) is 5.43 Å². The van der Waals surface area contributed by atoms with Gasteiger partial charge in [0.15, 0.2) is 11.5 Å². The average molecular weight is 446 g/mol. The molecule has 0 aromatic heterocycles. The van der Waals surface area contributed by atoms with E-state index in [9.17, 15) is 9.59 Å². The lowest BCUT2D eigenvalue weighted by Crippen LogP contribution is -2.32. The molecule has 0 radical (unpaired) electrons. The number of amides is 2. The number of anilines is 1. The Balaban J connectivity index is 1.59. The molecule has 2 amide bonds. The summed E-state index contributed by atoms with van der Waals surface area (Å²) in [7, 11) is 0. The molecule has 3 aromatic rings. The number of benzene rings is 3. The highest BCUT2D eigenvalue weighted by molar-refractivity contribution is 6.39. The zero-order chi connectivity index (χ0) is 23.6. The molecule has 3 rings (SSSR count). The molecule has 170 valence electrons. The number of ether oxygens (including phenoxy) is 2. The maximum absolute atomic E-state index is 12.1. The second-order valence-electron chi connectivity index (χ2n) is 7.44. The summed E-state index contributed by atoms with van der Waals surface area (Å²) in [5.74, 6) is -0.485. The topological polar surface area (TPSA) is 89.0 Å². The van der Waals surface area contributed by atoms with Crippen LogP contribution in [-0.2, 0) is 16.2 Å². The minimum atomic E-state index is -0.863. The molecule has 0 aliphatic heterocycles. The summed E-state index contributed by atoms with van der Waals surface area (Å²) in [6, 6.07) is 20.7. The fraction of sp³-hybridized carbons (Fsp3) is 0.192. The van der Waals surface area contributed by atoms with Gasteiger partial charge in [0, 0.05) is 5.69 Å². The zero-order valence-electron chi connectivity index (χ0n) is 18.9. The molecule has 0 saturated heterocycles. The number of nitrogens with zero attached hydrogens (tertiary/aromatic N) is 1. The van der Waals surface area contributed by atoms with Gasteiger partial charge in [-0.2, -0.15) is 5.10 Å². The van der Waals surface area contributed by atoms with Crippen molar-refractivity contribution >= 4 is 23.7 Å². The minimum absolute atomic E-state index is 0.417. The van der Waals surface area contributed by atoms with E-state index >= 15 is 0 Å². The average Bonchev–Trinajstić information content (AvgIpc) is 2.78. The van der Waals surface area contributed by atoms with Gasteiger partial charge in [-0.05, 0) is 73.4 Å². The lowest BCUT2D eigenvalue weighted by Gasteiger charge is -2.12. The molecule has 0 bridgehead atoms. The SMILES string of the molecule is CCOc1cc(/C=N/NC(=O)C(=O)Nc2cc(C)cc(C)c2)ccc1OCc1ccccc1. The van der Waals surface area contributed by atoms with Crippen molar-refractivity contribution in [1.29, 1.82) is 0 Å². The zero-order valence-corrected chi connectivity index (χ0v) is 18.9. The van der Waals surface area contributed by atoms with Gasteiger partial charge in [0.25, 0.3) is 0 Å². The fourth-order valence-corrected chi connectivity index (χ4v) is 3.18. The van der Waals surface area contributed by atoms with Crippen molar-refractivity contribution < 1.29 is 19.1 Å². The molecule has 7 nitrogen and oxygen atoms in total. The summed E-state index contributed by atoms with van der Waals surface area (Å²) in [4.78, 5) is 24.2. The van der Waals surface area contributed by atoms with Crippen molar-refractivity contribution in [3.63, 3.8) is 0 Å². The summed E-state index contributed by atoms with van der Waals surface area (Å²) in [6.45, 7) is 6.61. The van der Waals surface area contributed by atoms with Gasteiger partial charge in [-0.1, -0.05) is 36.4 Å². The van der Waals surface area contributed by atoms with Crippen molar-refractivity contribution in [3.8, 4) is 11.5 Å². The first kappa shape index (κ1) is 23.5. The highest BCUT2D eigenvalue weighted by atomic mass is 16.5. The van der Waals surface area contributed by atoms with Crippen molar-refractivity contribution in [2.75, 3.05) is 11.9 Å². The van der Waals surface area contributed by atoms with Crippen LogP contribution < -0.4 is 20.2 Å². The highest BCUT2D eigenvalue weighted by Gasteiger charge is 2.13. The van der Waals surface area contributed by atoms with Crippen molar-refractivity contribution in [2.45, 2.75) is 27.4 Å². The minimum Gasteiger partial charge on any atom is -0.490 e. The fourth-order valence-electron chi connectivity index (χ4n) is 3.18. The highest BCUT2D eigenvalue weighted by Crippen LogP contribution is 2.28. The smallest absolute Gasteiger partial charge is 0.329 e. The van der Waals surface area contributed by atoms with Crippen LogP contribution in [-0.4, -0.2) is 24.6 Å². The van der Waals surface area contributed by atoms with Crippen LogP contribution in [0.2, 0.25) is 0 Å². The Bertz CT molecular complexity index is 1120. The lowest BCUT2D eigenvalue weighted by molar-refractivity contribution is -0.136. The molecule has 33 heavy (non-hydrogen) atoms. The maximum Gasteiger partial charge on any atom is 0.329 e. The Hall–Kier alpha value is -4.13. The van der Waals surface area contributed by atoms with Gasteiger partial charge < -0.3 is 14.8 Å². The number of nitrogens with one attached hydrogen (secondary N) is 2. The van der Waals surface area contributed by atoms with Crippen molar-refractivity contribution in [3.05, 3.63) is 89.0 Å². The maximum atomic E-state index is 12.1. The quantitative estimate of drug-likeness (QED) is 0.306. The molecule has 7 heteroatoms. The Kier molecular flexibility index (Phi) is 8.18. The molecule has 3 aromatic carbocycles. The lowest BCUT2D eigenvalue weighted by atomic mass is 10.1. The number of rotatable bonds is 8. The Morgan fingerprint density at radius 3 is 2.30 bits per heavy atom. The molecule has 0 atom stereocenters. The number of hydrogen-bond donors (Lipinski definition) is 2. The summed E-state index contributed by atoms with van der Waals surface area (Å²) < 4.78 is 11.6. The van der Waals surface area contributed by atoms with Crippen LogP contribution in [0, 0.1) is 13.8 Å². The van der Waals surface area contributed by atoms with Crippen LogP contribution in [0.3, 0.4) is 0 Å². The van der Waals surface area contributed by atoms with E-state index in [4.69, 9.17) is 9.47 Å².